The first-order chi connectivity index (χ1) is 11.6. The van der Waals surface area contributed by atoms with Gasteiger partial charge in [0.2, 0.25) is 0 Å². The summed E-state index contributed by atoms with van der Waals surface area (Å²) in [5.41, 5.74) is 2.60. The van der Waals surface area contributed by atoms with Crippen LogP contribution in [0.3, 0.4) is 0 Å². The van der Waals surface area contributed by atoms with Crippen molar-refractivity contribution in [2.75, 3.05) is 19.0 Å². The van der Waals surface area contributed by atoms with Crippen LogP contribution in [0.1, 0.15) is 22.8 Å². The smallest absolute Gasteiger partial charge is 0.255 e. The van der Waals surface area contributed by atoms with E-state index in [-0.39, 0.29) is 18.3 Å². The van der Waals surface area contributed by atoms with E-state index < -0.39 is 0 Å². The molecule has 0 saturated carbocycles. The average molecular weight is 323 g/mol. The van der Waals surface area contributed by atoms with Crippen LogP contribution >= 0.6 is 0 Å². The Hall–Kier alpha value is -3.08. The summed E-state index contributed by atoms with van der Waals surface area (Å²) in [7, 11) is 1.59. The molecule has 0 atom stereocenters. The third-order valence-corrected chi connectivity index (χ3v) is 3.77. The van der Waals surface area contributed by atoms with Gasteiger partial charge in [0.15, 0.2) is 5.78 Å². The Kier molecular flexibility index (Phi) is 4.33. The highest BCUT2D eigenvalue weighted by Gasteiger charge is 2.18. The van der Waals surface area contributed by atoms with E-state index in [2.05, 4.69) is 5.32 Å². The van der Waals surface area contributed by atoms with Crippen LogP contribution in [-0.2, 0) is 4.79 Å². The summed E-state index contributed by atoms with van der Waals surface area (Å²) in [6, 6.07) is 12.2. The van der Waals surface area contributed by atoms with E-state index >= 15 is 0 Å². The number of ether oxygens (including phenoxy) is 2. The zero-order valence-corrected chi connectivity index (χ0v) is 13.5. The molecule has 0 spiro atoms. The van der Waals surface area contributed by atoms with Gasteiger partial charge in [0.25, 0.3) is 5.91 Å². The minimum Gasteiger partial charge on any atom is -0.497 e. The van der Waals surface area contributed by atoms with Crippen LogP contribution in [0.25, 0.3) is 6.08 Å². The van der Waals surface area contributed by atoms with Gasteiger partial charge in [-0.25, -0.2) is 0 Å². The number of carbonyl (C=O) groups excluding carboxylic acids is 2. The van der Waals surface area contributed by atoms with Crippen LogP contribution in [0.15, 0.2) is 48.0 Å². The lowest BCUT2D eigenvalue weighted by Gasteiger charge is -2.18. The van der Waals surface area contributed by atoms with Crippen LogP contribution in [0, 0.1) is 0 Å². The second-order valence-electron chi connectivity index (χ2n) is 5.45. The number of nitrogens with one attached hydrogen (secondary N) is 1. The van der Waals surface area contributed by atoms with Crippen LogP contribution < -0.4 is 14.8 Å². The summed E-state index contributed by atoms with van der Waals surface area (Å²) in [4.78, 5) is 23.6. The first kappa shape index (κ1) is 15.8. The van der Waals surface area contributed by atoms with Gasteiger partial charge in [-0.1, -0.05) is 0 Å². The number of carbonyl (C=O) groups is 2. The minimum atomic E-state index is -0.230. The van der Waals surface area contributed by atoms with E-state index in [4.69, 9.17) is 9.47 Å². The highest BCUT2D eigenvalue weighted by atomic mass is 16.5. The molecule has 0 aromatic heterocycles. The molecular formula is C19H17NO4. The van der Waals surface area contributed by atoms with Crippen molar-refractivity contribution < 1.29 is 19.1 Å². The molecule has 1 aliphatic heterocycles. The van der Waals surface area contributed by atoms with Crippen LogP contribution in [0.4, 0.5) is 5.69 Å². The van der Waals surface area contributed by atoms with Crippen molar-refractivity contribution in [1.29, 1.82) is 0 Å². The average Bonchev–Trinajstić information content (AvgIpc) is 2.61. The molecule has 0 radical (unpaired) electrons. The number of anilines is 1. The van der Waals surface area contributed by atoms with E-state index in [1.807, 2.05) is 12.1 Å². The van der Waals surface area contributed by atoms with Gasteiger partial charge in [0, 0.05) is 22.9 Å². The van der Waals surface area contributed by atoms with Crippen molar-refractivity contribution in [3.63, 3.8) is 0 Å². The fraction of sp³-hybridized carbons (Fsp3) is 0.158. The van der Waals surface area contributed by atoms with Gasteiger partial charge in [0.1, 0.15) is 18.1 Å². The topological polar surface area (TPSA) is 64.6 Å². The Labute approximate surface area is 139 Å². The Balaban J connectivity index is 1.75. The van der Waals surface area contributed by atoms with Gasteiger partial charge in [-0.2, -0.15) is 0 Å². The molecule has 0 unspecified atom stereocenters. The SMILES string of the molecule is COc1ccc2c(c1)OCC(C(=O)Nc1ccc(C(C)=O)cc1)=C2. The maximum absolute atomic E-state index is 12.4. The van der Waals surface area contributed by atoms with E-state index in [1.165, 1.54) is 6.92 Å². The predicted octanol–water partition coefficient (Wildman–Crippen LogP) is 3.31. The molecule has 0 bridgehead atoms. The fourth-order valence-electron chi connectivity index (χ4n) is 2.40. The van der Waals surface area contributed by atoms with Crippen LogP contribution in [0.5, 0.6) is 11.5 Å². The second kappa shape index (κ2) is 6.58. The lowest BCUT2D eigenvalue weighted by Crippen LogP contribution is -2.21. The Morgan fingerprint density at radius 1 is 1.12 bits per heavy atom. The maximum Gasteiger partial charge on any atom is 0.255 e. The molecule has 5 heteroatoms. The number of ketones is 1. The molecule has 1 aliphatic rings. The van der Waals surface area contributed by atoms with Gasteiger partial charge in [0.05, 0.1) is 12.7 Å². The highest BCUT2D eigenvalue weighted by molar-refractivity contribution is 6.07. The Morgan fingerprint density at radius 3 is 2.54 bits per heavy atom. The first-order valence-electron chi connectivity index (χ1n) is 7.50. The number of hydrogen-bond acceptors (Lipinski definition) is 4. The maximum atomic E-state index is 12.4. The van der Waals surface area contributed by atoms with E-state index in [0.29, 0.717) is 28.3 Å². The lowest BCUT2D eigenvalue weighted by atomic mass is 10.1. The summed E-state index contributed by atoms with van der Waals surface area (Å²) in [6.45, 7) is 1.70. The molecule has 24 heavy (non-hydrogen) atoms. The summed E-state index contributed by atoms with van der Waals surface area (Å²) >= 11 is 0. The Bertz CT molecular complexity index is 822. The summed E-state index contributed by atoms with van der Waals surface area (Å²) in [6.07, 6.45) is 1.80. The molecule has 0 aliphatic carbocycles. The van der Waals surface area contributed by atoms with Gasteiger partial charge < -0.3 is 14.8 Å². The zero-order chi connectivity index (χ0) is 17.1. The number of fused-ring (bicyclic) bond motifs is 1. The molecule has 0 fully saturated rings. The van der Waals surface area contributed by atoms with E-state index in [9.17, 15) is 9.59 Å². The third kappa shape index (κ3) is 3.30. The molecule has 1 amide bonds. The monoisotopic (exact) mass is 323 g/mol. The summed E-state index contributed by atoms with van der Waals surface area (Å²) in [5.74, 6) is 1.16. The summed E-state index contributed by atoms with van der Waals surface area (Å²) in [5, 5.41) is 2.81. The van der Waals surface area contributed by atoms with E-state index in [1.54, 1.807) is 43.5 Å². The van der Waals surface area contributed by atoms with Crippen molar-refractivity contribution in [3.8, 4) is 11.5 Å². The molecule has 122 valence electrons. The van der Waals surface area contributed by atoms with Gasteiger partial charge >= 0.3 is 0 Å². The van der Waals surface area contributed by atoms with Crippen LogP contribution in [-0.4, -0.2) is 25.4 Å². The molecule has 1 N–H and O–H groups in total. The molecule has 5 nitrogen and oxygen atoms in total. The molecule has 0 saturated heterocycles. The summed E-state index contributed by atoms with van der Waals surface area (Å²) < 4.78 is 10.8. The van der Waals surface area contributed by atoms with Crippen molar-refractivity contribution >= 4 is 23.5 Å². The van der Waals surface area contributed by atoms with Crippen molar-refractivity contribution in [2.24, 2.45) is 0 Å². The van der Waals surface area contributed by atoms with Crippen molar-refractivity contribution in [2.45, 2.75) is 6.92 Å². The lowest BCUT2D eigenvalue weighted by molar-refractivity contribution is -0.113. The van der Waals surface area contributed by atoms with Crippen LogP contribution in [0.2, 0.25) is 0 Å². The van der Waals surface area contributed by atoms with Crippen molar-refractivity contribution in [1.82, 2.24) is 0 Å². The van der Waals surface area contributed by atoms with Gasteiger partial charge in [-0.15, -0.1) is 0 Å². The first-order valence-corrected chi connectivity index (χ1v) is 7.50. The largest absolute Gasteiger partial charge is 0.497 e. The van der Waals surface area contributed by atoms with Gasteiger partial charge in [-0.05, 0) is 49.4 Å². The van der Waals surface area contributed by atoms with Crippen molar-refractivity contribution in [3.05, 3.63) is 59.2 Å². The molecule has 2 aromatic carbocycles. The van der Waals surface area contributed by atoms with Gasteiger partial charge in [-0.3, -0.25) is 9.59 Å². The molecule has 3 rings (SSSR count). The quantitative estimate of drug-likeness (QED) is 0.877. The van der Waals surface area contributed by atoms with E-state index in [0.717, 1.165) is 5.56 Å². The predicted molar refractivity (Wildman–Crippen MR) is 91.5 cm³/mol. The number of amides is 1. The molecule has 2 aromatic rings. The normalized spacial score (nSPS) is 12.5. The number of rotatable bonds is 4. The molecular weight excluding hydrogens is 306 g/mol. The molecule has 1 heterocycles. The number of hydrogen-bond donors (Lipinski definition) is 1. The number of Topliss-reactive ketones (excluding diaryl/α,β-unsaturated/α-hetero) is 1. The third-order valence-electron chi connectivity index (χ3n) is 3.77. The second-order valence-corrected chi connectivity index (χ2v) is 5.45. The number of benzene rings is 2. The fourth-order valence-corrected chi connectivity index (χ4v) is 2.40. The Morgan fingerprint density at radius 2 is 1.88 bits per heavy atom. The minimum absolute atomic E-state index is 0.0108. The zero-order valence-electron chi connectivity index (χ0n) is 13.5. The number of methoxy groups -OCH3 is 1. The standard InChI is InChI=1S/C19H17NO4/c1-12(21)13-3-6-16(7-4-13)20-19(22)15-9-14-5-8-17(23-2)10-18(14)24-11-15/h3-10H,11H2,1-2H3,(H,20,22). The highest BCUT2D eigenvalue weighted by Crippen LogP contribution is 2.30.